The molecule has 92 valence electrons. The largest absolute Gasteiger partial charge is 0.493 e. The number of hydrogen-bond donors (Lipinski definition) is 1. The SMILES string of the molecule is OC(c1ccc(I)cc1)c1cccc2c1OCC2. The molecule has 0 radical (unpaired) electrons. The summed E-state index contributed by atoms with van der Waals surface area (Å²) < 4.78 is 6.80. The molecule has 2 nitrogen and oxygen atoms in total. The van der Waals surface area contributed by atoms with Crippen molar-refractivity contribution in [2.75, 3.05) is 6.61 Å². The second kappa shape index (κ2) is 4.90. The summed E-state index contributed by atoms with van der Waals surface area (Å²) in [6, 6.07) is 13.9. The molecule has 0 bridgehead atoms. The Bertz CT molecular complexity index is 563. The predicted molar refractivity (Wildman–Crippen MR) is 78.9 cm³/mol. The summed E-state index contributed by atoms with van der Waals surface area (Å²) in [6.45, 7) is 0.714. The molecule has 0 fully saturated rings. The van der Waals surface area contributed by atoms with Crippen LogP contribution < -0.4 is 4.74 Å². The minimum Gasteiger partial charge on any atom is -0.493 e. The summed E-state index contributed by atoms with van der Waals surface area (Å²) in [7, 11) is 0. The first-order valence-electron chi connectivity index (χ1n) is 5.94. The van der Waals surface area contributed by atoms with Crippen molar-refractivity contribution in [1.29, 1.82) is 0 Å². The lowest BCUT2D eigenvalue weighted by molar-refractivity contribution is 0.213. The maximum absolute atomic E-state index is 10.5. The lowest BCUT2D eigenvalue weighted by atomic mass is 9.98. The Morgan fingerprint density at radius 3 is 2.67 bits per heavy atom. The van der Waals surface area contributed by atoms with Crippen molar-refractivity contribution in [3.05, 3.63) is 62.7 Å². The van der Waals surface area contributed by atoms with E-state index in [1.165, 1.54) is 5.56 Å². The standard InChI is InChI=1S/C15H13IO2/c16-12-6-4-10(5-7-12)14(17)13-3-1-2-11-8-9-18-15(11)13/h1-7,14,17H,8-9H2. The van der Waals surface area contributed by atoms with Gasteiger partial charge in [-0.15, -0.1) is 0 Å². The quantitative estimate of drug-likeness (QED) is 0.841. The molecule has 3 rings (SSSR count). The van der Waals surface area contributed by atoms with Crippen molar-refractivity contribution in [3.8, 4) is 5.75 Å². The van der Waals surface area contributed by atoms with Crippen LogP contribution in [0.4, 0.5) is 0 Å². The number of para-hydroxylation sites is 1. The monoisotopic (exact) mass is 352 g/mol. The first-order chi connectivity index (χ1) is 8.75. The Morgan fingerprint density at radius 1 is 1.11 bits per heavy atom. The summed E-state index contributed by atoms with van der Waals surface area (Å²) in [5.74, 6) is 0.864. The Morgan fingerprint density at radius 2 is 1.89 bits per heavy atom. The topological polar surface area (TPSA) is 29.5 Å². The van der Waals surface area contributed by atoms with Crippen LogP contribution in [-0.4, -0.2) is 11.7 Å². The van der Waals surface area contributed by atoms with E-state index in [2.05, 4.69) is 28.7 Å². The van der Waals surface area contributed by atoms with Crippen molar-refractivity contribution in [3.63, 3.8) is 0 Å². The van der Waals surface area contributed by atoms with E-state index in [4.69, 9.17) is 4.74 Å². The van der Waals surface area contributed by atoms with Crippen molar-refractivity contribution < 1.29 is 9.84 Å². The molecule has 1 atom stereocenters. The second-order valence-electron chi connectivity index (χ2n) is 4.39. The van der Waals surface area contributed by atoms with Gasteiger partial charge in [-0.3, -0.25) is 0 Å². The van der Waals surface area contributed by atoms with E-state index in [-0.39, 0.29) is 0 Å². The molecule has 0 amide bonds. The first kappa shape index (κ1) is 12.0. The number of ether oxygens (including phenoxy) is 1. The van der Waals surface area contributed by atoms with E-state index in [9.17, 15) is 5.11 Å². The van der Waals surface area contributed by atoms with Gasteiger partial charge in [-0.05, 0) is 45.9 Å². The third kappa shape index (κ3) is 2.12. The summed E-state index contributed by atoms with van der Waals surface area (Å²) in [5, 5.41) is 10.5. The van der Waals surface area contributed by atoms with Crippen molar-refractivity contribution in [1.82, 2.24) is 0 Å². The van der Waals surface area contributed by atoms with Gasteiger partial charge in [0, 0.05) is 15.6 Å². The predicted octanol–water partition coefficient (Wildman–Crippen LogP) is 3.31. The molecule has 1 N–H and O–H groups in total. The highest BCUT2D eigenvalue weighted by Gasteiger charge is 2.21. The summed E-state index contributed by atoms with van der Waals surface area (Å²) in [4.78, 5) is 0. The zero-order chi connectivity index (χ0) is 12.5. The lowest BCUT2D eigenvalue weighted by Crippen LogP contribution is -2.02. The van der Waals surface area contributed by atoms with Crippen LogP contribution in [0.2, 0.25) is 0 Å². The van der Waals surface area contributed by atoms with Gasteiger partial charge in [0.1, 0.15) is 11.9 Å². The fourth-order valence-electron chi connectivity index (χ4n) is 2.28. The van der Waals surface area contributed by atoms with E-state index in [0.717, 1.165) is 26.9 Å². The molecule has 1 unspecified atom stereocenters. The molecule has 0 saturated heterocycles. The van der Waals surface area contributed by atoms with Gasteiger partial charge in [0.15, 0.2) is 0 Å². The molecule has 0 aliphatic carbocycles. The average molecular weight is 352 g/mol. The summed E-state index contributed by atoms with van der Waals surface area (Å²) in [6.07, 6.45) is 0.317. The van der Waals surface area contributed by atoms with Gasteiger partial charge in [0.25, 0.3) is 0 Å². The van der Waals surface area contributed by atoms with Gasteiger partial charge in [0.2, 0.25) is 0 Å². The minimum absolute atomic E-state index is 0.616. The fourth-order valence-corrected chi connectivity index (χ4v) is 2.64. The fraction of sp³-hybridized carbons (Fsp3) is 0.200. The third-order valence-electron chi connectivity index (χ3n) is 3.23. The minimum atomic E-state index is -0.616. The van der Waals surface area contributed by atoms with Crippen LogP contribution in [0.5, 0.6) is 5.75 Å². The number of hydrogen-bond acceptors (Lipinski definition) is 2. The zero-order valence-electron chi connectivity index (χ0n) is 9.77. The highest BCUT2D eigenvalue weighted by atomic mass is 127. The molecule has 3 heteroatoms. The molecule has 2 aromatic carbocycles. The molecule has 1 heterocycles. The highest BCUT2D eigenvalue weighted by Crippen LogP contribution is 2.36. The van der Waals surface area contributed by atoms with Gasteiger partial charge in [-0.2, -0.15) is 0 Å². The number of rotatable bonds is 2. The Balaban J connectivity index is 2.00. The second-order valence-corrected chi connectivity index (χ2v) is 5.63. The van der Waals surface area contributed by atoms with Gasteiger partial charge in [-0.1, -0.05) is 30.3 Å². The smallest absolute Gasteiger partial charge is 0.128 e. The Kier molecular flexibility index (Phi) is 3.26. The van der Waals surface area contributed by atoms with Crippen LogP contribution in [0.3, 0.4) is 0 Å². The number of aliphatic hydroxyl groups is 1. The van der Waals surface area contributed by atoms with Gasteiger partial charge < -0.3 is 9.84 Å². The lowest BCUT2D eigenvalue weighted by Gasteiger charge is -2.15. The number of halogens is 1. The van der Waals surface area contributed by atoms with Crippen LogP contribution in [-0.2, 0) is 6.42 Å². The van der Waals surface area contributed by atoms with Gasteiger partial charge >= 0.3 is 0 Å². The normalized spacial score (nSPS) is 15.0. The van der Waals surface area contributed by atoms with Crippen molar-refractivity contribution >= 4 is 22.6 Å². The molecular weight excluding hydrogens is 339 g/mol. The maximum Gasteiger partial charge on any atom is 0.128 e. The van der Waals surface area contributed by atoms with Crippen molar-refractivity contribution in [2.24, 2.45) is 0 Å². The van der Waals surface area contributed by atoms with Crippen LogP contribution >= 0.6 is 22.6 Å². The van der Waals surface area contributed by atoms with Crippen LogP contribution in [0.15, 0.2) is 42.5 Å². The molecule has 2 aromatic rings. The van der Waals surface area contributed by atoms with Crippen LogP contribution in [0.25, 0.3) is 0 Å². The first-order valence-corrected chi connectivity index (χ1v) is 7.02. The third-order valence-corrected chi connectivity index (χ3v) is 3.94. The molecule has 0 saturated carbocycles. The number of aliphatic hydroxyl groups excluding tert-OH is 1. The van der Waals surface area contributed by atoms with E-state index in [1.54, 1.807) is 0 Å². The molecule has 1 aliphatic rings. The summed E-state index contributed by atoms with van der Waals surface area (Å²) in [5.41, 5.74) is 2.96. The van der Waals surface area contributed by atoms with E-state index >= 15 is 0 Å². The van der Waals surface area contributed by atoms with Crippen molar-refractivity contribution in [2.45, 2.75) is 12.5 Å². The van der Waals surface area contributed by atoms with E-state index in [0.29, 0.717) is 6.61 Å². The number of benzene rings is 2. The van der Waals surface area contributed by atoms with Crippen LogP contribution in [0, 0.1) is 3.57 Å². The molecule has 0 aromatic heterocycles. The number of fused-ring (bicyclic) bond motifs is 1. The molecule has 18 heavy (non-hydrogen) atoms. The van der Waals surface area contributed by atoms with Crippen LogP contribution in [0.1, 0.15) is 22.8 Å². The molecule has 1 aliphatic heterocycles. The van der Waals surface area contributed by atoms with E-state index < -0.39 is 6.10 Å². The van der Waals surface area contributed by atoms with Gasteiger partial charge in [-0.25, -0.2) is 0 Å². The zero-order valence-corrected chi connectivity index (χ0v) is 11.9. The summed E-state index contributed by atoms with van der Waals surface area (Å²) >= 11 is 2.26. The Labute approximate surface area is 120 Å². The Hall–Kier alpha value is -1.07. The molecule has 0 spiro atoms. The van der Waals surface area contributed by atoms with Gasteiger partial charge in [0.05, 0.1) is 6.61 Å². The average Bonchev–Trinajstić information content (AvgIpc) is 2.87. The maximum atomic E-state index is 10.5. The highest BCUT2D eigenvalue weighted by molar-refractivity contribution is 14.1. The molecular formula is C15H13IO2. The van der Waals surface area contributed by atoms with E-state index in [1.807, 2.05) is 36.4 Å².